The molecule has 5 nitrogen and oxygen atoms in total. The topological polar surface area (TPSA) is 56.5 Å². The molecule has 0 atom stereocenters. The lowest BCUT2D eigenvalue weighted by Crippen LogP contribution is -2.23. The second kappa shape index (κ2) is 10.0. The fourth-order valence-electron chi connectivity index (χ4n) is 4.07. The summed E-state index contributed by atoms with van der Waals surface area (Å²) in [5.74, 6) is 0.735. The fourth-order valence-corrected chi connectivity index (χ4v) is 4.43. The third-order valence-corrected chi connectivity index (χ3v) is 6.42. The molecule has 4 aromatic carbocycles. The lowest BCUT2D eigenvalue weighted by atomic mass is 10.0. The van der Waals surface area contributed by atoms with Gasteiger partial charge in [0.1, 0.15) is 24.0 Å². The molecule has 180 valence electrons. The molecular formula is C29H23BrFN3O2. The van der Waals surface area contributed by atoms with E-state index in [9.17, 15) is 9.18 Å². The lowest BCUT2D eigenvalue weighted by molar-refractivity contribution is 0.300. The smallest absolute Gasteiger partial charge is 0.282 e. The van der Waals surface area contributed by atoms with Gasteiger partial charge in [0.25, 0.3) is 5.56 Å². The first-order chi connectivity index (χ1) is 17.4. The second-order valence-corrected chi connectivity index (χ2v) is 9.64. The van der Waals surface area contributed by atoms with Crippen LogP contribution in [-0.2, 0) is 6.61 Å². The highest BCUT2D eigenvalue weighted by Gasteiger charge is 2.15. The van der Waals surface area contributed by atoms with Crippen molar-refractivity contribution in [3.63, 3.8) is 0 Å². The minimum absolute atomic E-state index is 0.0350. The van der Waals surface area contributed by atoms with Crippen molar-refractivity contribution in [2.75, 3.05) is 0 Å². The number of fused-ring (bicyclic) bond motifs is 2. The van der Waals surface area contributed by atoms with Gasteiger partial charge < -0.3 is 4.74 Å². The Morgan fingerprint density at radius 3 is 2.61 bits per heavy atom. The molecule has 0 aliphatic heterocycles. The molecule has 0 spiro atoms. The van der Waals surface area contributed by atoms with Crippen LogP contribution < -0.4 is 10.3 Å². The third kappa shape index (κ3) is 4.66. The van der Waals surface area contributed by atoms with Gasteiger partial charge in [0.15, 0.2) is 0 Å². The molecule has 1 heterocycles. The van der Waals surface area contributed by atoms with Crippen molar-refractivity contribution >= 4 is 43.8 Å². The van der Waals surface area contributed by atoms with Crippen LogP contribution in [-0.4, -0.2) is 15.9 Å². The number of benzene rings is 4. The quantitative estimate of drug-likeness (QED) is 0.216. The molecule has 0 aliphatic rings. The zero-order valence-corrected chi connectivity index (χ0v) is 21.4. The predicted molar refractivity (Wildman–Crippen MR) is 145 cm³/mol. The molecule has 1 aromatic heterocycles. The van der Waals surface area contributed by atoms with E-state index in [0.717, 1.165) is 15.2 Å². The van der Waals surface area contributed by atoms with Crippen molar-refractivity contribution in [2.45, 2.75) is 26.4 Å². The minimum atomic E-state index is -0.324. The molecule has 5 rings (SSSR count). The number of halogens is 2. The summed E-state index contributed by atoms with van der Waals surface area (Å²) in [6.45, 7) is 4.01. The van der Waals surface area contributed by atoms with E-state index in [1.54, 1.807) is 30.5 Å². The van der Waals surface area contributed by atoms with Gasteiger partial charge in [-0.2, -0.15) is 9.78 Å². The Balaban J connectivity index is 1.63. The van der Waals surface area contributed by atoms with Gasteiger partial charge in [-0.05, 0) is 41.1 Å². The van der Waals surface area contributed by atoms with E-state index in [0.29, 0.717) is 33.6 Å². The number of aromatic nitrogens is 2. The Morgan fingerprint density at radius 2 is 1.81 bits per heavy atom. The molecule has 0 bridgehead atoms. The average molecular weight is 544 g/mol. The van der Waals surface area contributed by atoms with Crippen molar-refractivity contribution in [2.24, 2.45) is 5.10 Å². The second-order valence-electron chi connectivity index (χ2n) is 8.73. The van der Waals surface area contributed by atoms with Crippen LogP contribution in [0, 0.1) is 5.82 Å². The van der Waals surface area contributed by atoms with Crippen LogP contribution in [0.2, 0.25) is 0 Å². The molecular weight excluding hydrogens is 521 g/mol. The van der Waals surface area contributed by atoms with Crippen molar-refractivity contribution in [1.82, 2.24) is 9.66 Å². The maximum absolute atomic E-state index is 14.2. The highest BCUT2D eigenvalue weighted by Crippen LogP contribution is 2.28. The minimum Gasteiger partial charge on any atom is -0.488 e. The van der Waals surface area contributed by atoms with Gasteiger partial charge in [0.2, 0.25) is 0 Å². The van der Waals surface area contributed by atoms with Gasteiger partial charge >= 0.3 is 0 Å². The molecule has 0 saturated heterocycles. The summed E-state index contributed by atoms with van der Waals surface area (Å²) in [4.78, 5) is 18.2. The Hall–Kier alpha value is -3.84. The number of nitrogens with zero attached hydrogens (tertiary/aromatic N) is 3. The first kappa shape index (κ1) is 23.9. The SMILES string of the molecule is CC(C)c1nc2ccc(Br)cc2c(=O)n1N=Cc1c(OCc2ccccc2F)ccc2ccccc12. The van der Waals surface area contributed by atoms with Crippen molar-refractivity contribution in [3.8, 4) is 5.75 Å². The fraction of sp³-hybridized carbons (Fsp3) is 0.138. The molecule has 0 fully saturated rings. The molecule has 0 aliphatic carbocycles. The Bertz CT molecular complexity index is 1680. The van der Waals surface area contributed by atoms with Crippen LogP contribution in [0.25, 0.3) is 21.7 Å². The highest BCUT2D eigenvalue weighted by molar-refractivity contribution is 9.10. The van der Waals surface area contributed by atoms with Gasteiger partial charge in [-0.3, -0.25) is 4.79 Å². The zero-order valence-electron chi connectivity index (χ0n) is 19.8. The van der Waals surface area contributed by atoms with E-state index >= 15 is 0 Å². The first-order valence-corrected chi connectivity index (χ1v) is 12.4. The maximum Gasteiger partial charge on any atom is 0.282 e. The third-order valence-electron chi connectivity index (χ3n) is 5.92. The number of hydrogen-bond donors (Lipinski definition) is 0. The predicted octanol–water partition coefficient (Wildman–Crippen LogP) is 7.04. The molecule has 5 aromatic rings. The van der Waals surface area contributed by atoms with Crippen LogP contribution in [0.3, 0.4) is 0 Å². The normalized spacial score (nSPS) is 11.7. The maximum atomic E-state index is 14.2. The number of hydrogen-bond acceptors (Lipinski definition) is 4. The zero-order chi connectivity index (χ0) is 25.2. The summed E-state index contributed by atoms with van der Waals surface area (Å²) in [5.41, 5.74) is 1.52. The molecule has 0 unspecified atom stereocenters. The summed E-state index contributed by atoms with van der Waals surface area (Å²) in [6, 6.07) is 23.6. The Labute approximate surface area is 216 Å². The molecule has 0 N–H and O–H groups in total. The van der Waals surface area contributed by atoms with Gasteiger partial charge in [0.05, 0.1) is 17.1 Å². The summed E-state index contributed by atoms with van der Waals surface area (Å²) < 4.78 is 22.4. The Kier molecular flexibility index (Phi) is 6.65. The van der Waals surface area contributed by atoms with Crippen molar-refractivity contribution < 1.29 is 9.13 Å². The molecule has 0 saturated carbocycles. The summed E-state index contributed by atoms with van der Waals surface area (Å²) in [7, 11) is 0. The van der Waals surface area contributed by atoms with Gasteiger partial charge in [0, 0.05) is 21.5 Å². The van der Waals surface area contributed by atoms with E-state index in [1.807, 2.05) is 62.4 Å². The monoisotopic (exact) mass is 543 g/mol. The van der Waals surface area contributed by atoms with Crippen molar-refractivity contribution in [3.05, 3.63) is 116 Å². The lowest BCUT2D eigenvalue weighted by Gasteiger charge is -2.14. The van der Waals surface area contributed by atoms with Crippen LogP contribution >= 0.6 is 15.9 Å². The standard InChI is InChI=1S/C29H23BrFN3O2/c1-18(2)28-33-26-13-12-21(30)15-23(26)29(35)34(28)32-16-24-22-9-5-3-7-19(22)11-14-27(24)36-17-20-8-4-6-10-25(20)31/h3-16,18H,17H2,1-2H3. The number of rotatable bonds is 6. The highest BCUT2D eigenvalue weighted by atomic mass is 79.9. The summed E-state index contributed by atoms with van der Waals surface area (Å²) in [6.07, 6.45) is 1.62. The van der Waals surface area contributed by atoms with Crippen LogP contribution in [0.15, 0.2) is 93.2 Å². The van der Waals surface area contributed by atoms with E-state index in [4.69, 9.17) is 9.72 Å². The van der Waals surface area contributed by atoms with E-state index in [-0.39, 0.29) is 23.9 Å². The van der Waals surface area contributed by atoms with Gasteiger partial charge in [-0.25, -0.2) is 9.37 Å². The van der Waals surface area contributed by atoms with Gasteiger partial charge in [-0.1, -0.05) is 78.3 Å². The molecule has 7 heteroatoms. The molecule has 0 amide bonds. The number of ether oxygens (including phenoxy) is 1. The Morgan fingerprint density at radius 1 is 1.03 bits per heavy atom. The van der Waals surface area contributed by atoms with Crippen molar-refractivity contribution in [1.29, 1.82) is 0 Å². The van der Waals surface area contributed by atoms with Crippen LogP contribution in [0.1, 0.15) is 36.7 Å². The van der Waals surface area contributed by atoms with Gasteiger partial charge in [-0.15, -0.1) is 0 Å². The average Bonchev–Trinajstić information content (AvgIpc) is 2.88. The van der Waals surface area contributed by atoms with Crippen LogP contribution in [0.4, 0.5) is 4.39 Å². The van der Waals surface area contributed by atoms with Crippen LogP contribution in [0.5, 0.6) is 5.75 Å². The largest absolute Gasteiger partial charge is 0.488 e. The van der Waals surface area contributed by atoms with E-state index in [2.05, 4.69) is 21.0 Å². The first-order valence-electron chi connectivity index (χ1n) is 11.6. The molecule has 36 heavy (non-hydrogen) atoms. The van der Waals surface area contributed by atoms with E-state index < -0.39 is 0 Å². The van der Waals surface area contributed by atoms with E-state index in [1.165, 1.54) is 10.7 Å². The molecule has 0 radical (unpaired) electrons. The summed E-state index contributed by atoms with van der Waals surface area (Å²) >= 11 is 3.43. The summed E-state index contributed by atoms with van der Waals surface area (Å²) in [5, 5.41) is 6.98.